The highest BCUT2D eigenvalue weighted by Crippen LogP contribution is 2.40. The van der Waals surface area contributed by atoms with E-state index >= 15 is 0 Å². The highest BCUT2D eigenvalue weighted by atomic mass is 32.1. The van der Waals surface area contributed by atoms with Crippen molar-refractivity contribution in [1.82, 2.24) is 4.98 Å². The van der Waals surface area contributed by atoms with Gasteiger partial charge in [-0.25, -0.2) is 4.98 Å². The van der Waals surface area contributed by atoms with E-state index in [0.717, 1.165) is 15.9 Å². The van der Waals surface area contributed by atoms with Crippen LogP contribution in [0.3, 0.4) is 0 Å². The predicted octanol–water partition coefficient (Wildman–Crippen LogP) is 3.15. The number of thiazole rings is 1. The Hall–Kier alpha value is -1.09. The van der Waals surface area contributed by atoms with Gasteiger partial charge < -0.3 is 5.73 Å². The van der Waals surface area contributed by atoms with Gasteiger partial charge in [-0.3, -0.25) is 0 Å². The minimum atomic E-state index is 0.715. The van der Waals surface area contributed by atoms with Gasteiger partial charge in [-0.05, 0) is 25.0 Å². The number of aromatic nitrogens is 1. The first kappa shape index (κ1) is 8.24. The summed E-state index contributed by atoms with van der Waals surface area (Å²) in [6.45, 7) is 0. The number of anilines is 1. The van der Waals surface area contributed by atoms with Gasteiger partial charge in [0.2, 0.25) is 0 Å². The first-order valence-corrected chi connectivity index (χ1v) is 5.81. The first-order valence-electron chi connectivity index (χ1n) is 4.99. The summed E-state index contributed by atoms with van der Waals surface area (Å²) >= 11 is 1.77. The summed E-state index contributed by atoms with van der Waals surface area (Å²) in [4.78, 5) is 4.63. The van der Waals surface area contributed by atoms with Crippen LogP contribution in [0.4, 0.5) is 5.69 Å². The molecule has 2 aromatic rings. The van der Waals surface area contributed by atoms with Crippen LogP contribution in [-0.2, 0) is 0 Å². The van der Waals surface area contributed by atoms with Crippen molar-refractivity contribution in [2.75, 3.05) is 5.73 Å². The number of nitrogen functional groups attached to an aromatic ring is 1. The Morgan fingerprint density at radius 1 is 1.36 bits per heavy atom. The van der Waals surface area contributed by atoms with Gasteiger partial charge in [0.1, 0.15) is 0 Å². The van der Waals surface area contributed by atoms with Gasteiger partial charge in [-0.1, -0.05) is 12.5 Å². The molecule has 0 aliphatic heterocycles. The van der Waals surface area contributed by atoms with E-state index in [0.29, 0.717) is 5.92 Å². The van der Waals surface area contributed by atoms with Gasteiger partial charge in [0.15, 0.2) is 0 Å². The van der Waals surface area contributed by atoms with Gasteiger partial charge in [0.05, 0.1) is 20.9 Å². The fourth-order valence-corrected chi connectivity index (χ4v) is 2.98. The lowest BCUT2D eigenvalue weighted by atomic mass is 9.86. The maximum Gasteiger partial charge on any atom is 0.0970 e. The van der Waals surface area contributed by atoms with Crippen molar-refractivity contribution in [3.8, 4) is 0 Å². The van der Waals surface area contributed by atoms with Crippen molar-refractivity contribution >= 4 is 27.2 Å². The lowest BCUT2D eigenvalue weighted by molar-refractivity contribution is 0.419. The second kappa shape index (κ2) is 2.95. The number of benzene rings is 1. The summed E-state index contributed by atoms with van der Waals surface area (Å²) in [7, 11) is 0. The van der Waals surface area contributed by atoms with Crippen molar-refractivity contribution in [1.29, 1.82) is 0 Å². The predicted molar refractivity (Wildman–Crippen MR) is 60.6 cm³/mol. The van der Waals surface area contributed by atoms with E-state index in [9.17, 15) is 0 Å². The number of nitrogens with zero attached hydrogens (tertiary/aromatic N) is 1. The van der Waals surface area contributed by atoms with Crippen molar-refractivity contribution < 1.29 is 0 Å². The second-order valence-electron chi connectivity index (χ2n) is 3.88. The van der Waals surface area contributed by atoms with Crippen molar-refractivity contribution in [2.45, 2.75) is 25.2 Å². The molecule has 0 atom stereocenters. The lowest BCUT2D eigenvalue weighted by Crippen LogP contribution is -2.07. The monoisotopic (exact) mass is 204 g/mol. The fraction of sp³-hybridized carbons (Fsp3) is 0.364. The molecule has 2 N–H and O–H groups in total. The quantitative estimate of drug-likeness (QED) is 0.725. The Kier molecular flexibility index (Phi) is 1.74. The Balaban J connectivity index is 2.15. The first-order chi connectivity index (χ1) is 6.84. The average Bonchev–Trinajstić information content (AvgIpc) is 2.46. The average molecular weight is 204 g/mol. The molecule has 0 radical (unpaired) electrons. The Morgan fingerprint density at radius 2 is 2.21 bits per heavy atom. The third-order valence-corrected chi connectivity index (χ3v) is 4.20. The summed E-state index contributed by atoms with van der Waals surface area (Å²) in [6.07, 6.45) is 3.97. The SMILES string of the molecule is Nc1cccc2nc(C3CCC3)sc12. The molecule has 1 aromatic heterocycles. The van der Waals surface area contributed by atoms with Gasteiger partial charge in [0, 0.05) is 5.92 Å². The molecule has 3 heteroatoms. The number of hydrogen-bond donors (Lipinski definition) is 1. The molecule has 14 heavy (non-hydrogen) atoms. The second-order valence-corrected chi connectivity index (χ2v) is 4.91. The van der Waals surface area contributed by atoms with Gasteiger partial charge >= 0.3 is 0 Å². The third-order valence-electron chi connectivity index (χ3n) is 2.92. The van der Waals surface area contributed by atoms with E-state index in [1.54, 1.807) is 11.3 Å². The van der Waals surface area contributed by atoms with Crippen LogP contribution in [-0.4, -0.2) is 4.98 Å². The van der Waals surface area contributed by atoms with Crippen molar-refractivity contribution in [3.05, 3.63) is 23.2 Å². The molecule has 2 nitrogen and oxygen atoms in total. The molecule has 72 valence electrons. The molecule has 1 aromatic carbocycles. The molecule has 1 aliphatic rings. The van der Waals surface area contributed by atoms with Crippen molar-refractivity contribution in [2.24, 2.45) is 0 Å². The summed E-state index contributed by atoms with van der Waals surface area (Å²) in [6, 6.07) is 5.97. The van der Waals surface area contributed by atoms with Gasteiger partial charge in [0.25, 0.3) is 0 Å². The number of nitrogens with two attached hydrogens (primary N) is 1. The van der Waals surface area contributed by atoms with Crippen molar-refractivity contribution in [3.63, 3.8) is 0 Å². The summed E-state index contributed by atoms with van der Waals surface area (Å²) < 4.78 is 1.16. The Bertz CT molecular complexity index is 471. The standard InChI is InChI=1S/C11H12N2S/c12-8-5-2-6-9-10(8)14-11(13-9)7-3-1-4-7/h2,5-7H,1,3-4,12H2. The molecular weight excluding hydrogens is 192 g/mol. The molecule has 3 rings (SSSR count). The van der Waals surface area contributed by atoms with Gasteiger partial charge in [-0.15, -0.1) is 11.3 Å². The molecular formula is C11H12N2S. The van der Waals surface area contributed by atoms with E-state index in [4.69, 9.17) is 5.73 Å². The zero-order chi connectivity index (χ0) is 9.54. The highest BCUT2D eigenvalue weighted by molar-refractivity contribution is 7.19. The number of hydrogen-bond acceptors (Lipinski definition) is 3. The molecule has 0 spiro atoms. The summed E-state index contributed by atoms with van der Waals surface area (Å²) in [5, 5.41) is 1.28. The zero-order valence-electron chi connectivity index (χ0n) is 7.86. The molecule has 1 heterocycles. The van der Waals surface area contributed by atoms with Gasteiger partial charge in [-0.2, -0.15) is 0 Å². The van der Waals surface area contributed by atoms with E-state index in [1.807, 2.05) is 18.2 Å². The molecule has 0 amide bonds. The smallest absolute Gasteiger partial charge is 0.0970 e. The molecule has 0 bridgehead atoms. The lowest BCUT2D eigenvalue weighted by Gasteiger charge is -2.22. The van der Waals surface area contributed by atoms with E-state index in [2.05, 4.69) is 4.98 Å². The topological polar surface area (TPSA) is 38.9 Å². The van der Waals surface area contributed by atoms with Crippen LogP contribution in [0.15, 0.2) is 18.2 Å². The molecule has 1 saturated carbocycles. The zero-order valence-corrected chi connectivity index (χ0v) is 8.68. The van der Waals surface area contributed by atoms with Crippen LogP contribution in [0.25, 0.3) is 10.2 Å². The summed E-state index contributed by atoms with van der Waals surface area (Å²) in [5.74, 6) is 0.715. The van der Waals surface area contributed by atoms with Crippen LogP contribution in [0.1, 0.15) is 30.2 Å². The number of fused-ring (bicyclic) bond motifs is 1. The normalized spacial score (nSPS) is 17.1. The molecule has 1 aliphatic carbocycles. The molecule has 0 saturated heterocycles. The Morgan fingerprint density at radius 3 is 2.86 bits per heavy atom. The Labute approximate surface area is 86.8 Å². The van der Waals surface area contributed by atoms with E-state index in [-0.39, 0.29) is 0 Å². The van der Waals surface area contributed by atoms with E-state index < -0.39 is 0 Å². The van der Waals surface area contributed by atoms with Crippen LogP contribution in [0, 0.1) is 0 Å². The molecule has 0 unspecified atom stereocenters. The summed E-state index contributed by atoms with van der Waals surface area (Å²) in [5.41, 5.74) is 7.83. The molecule has 1 fully saturated rings. The van der Waals surface area contributed by atoms with Crippen LogP contribution >= 0.6 is 11.3 Å². The fourth-order valence-electron chi connectivity index (χ4n) is 1.82. The number of rotatable bonds is 1. The largest absolute Gasteiger partial charge is 0.398 e. The third kappa shape index (κ3) is 1.12. The maximum atomic E-state index is 5.90. The minimum Gasteiger partial charge on any atom is -0.398 e. The highest BCUT2D eigenvalue weighted by Gasteiger charge is 2.23. The van der Waals surface area contributed by atoms with Crippen LogP contribution in [0.5, 0.6) is 0 Å². The van der Waals surface area contributed by atoms with E-state index in [1.165, 1.54) is 24.3 Å². The van der Waals surface area contributed by atoms with Crippen LogP contribution in [0.2, 0.25) is 0 Å². The maximum absolute atomic E-state index is 5.90. The van der Waals surface area contributed by atoms with Crippen LogP contribution < -0.4 is 5.73 Å². The minimum absolute atomic E-state index is 0.715.